The van der Waals surface area contributed by atoms with Gasteiger partial charge in [0.05, 0.1) is 11.1 Å². The van der Waals surface area contributed by atoms with Crippen LogP contribution in [0.1, 0.15) is 28.4 Å². The van der Waals surface area contributed by atoms with Crippen molar-refractivity contribution in [1.29, 1.82) is 0 Å². The van der Waals surface area contributed by atoms with E-state index in [0.29, 0.717) is 34.7 Å². The molecule has 4 rings (SSSR count). The monoisotopic (exact) mass is 489 g/mol. The minimum Gasteiger partial charge on any atom is -0.490 e. The molecule has 0 aromatic heterocycles. The van der Waals surface area contributed by atoms with Crippen molar-refractivity contribution in [2.45, 2.75) is 20.5 Å². The van der Waals surface area contributed by atoms with Crippen LogP contribution in [0, 0.1) is 6.92 Å². The van der Waals surface area contributed by atoms with Crippen LogP contribution in [0.2, 0.25) is 0 Å². The Bertz CT molecular complexity index is 1250. The number of amides is 1. The number of benzene rings is 4. The average molecular weight is 490 g/mol. The SMILES string of the molecule is CCOc1cc(C(=O)Nc2cccc3ccccc23)cc(Br)c1OCc1ccc(C)cc1. The summed E-state index contributed by atoms with van der Waals surface area (Å²) in [7, 11) is 0. The van der Waals surface area contributed by atoms with Gasteiger partial charge in [-0.1, -0.05) is 66.2 Å². The number of hydrogen-bond acceptors (Lipinski definition) is 3. The number of ether oxygens (including phenoxy) is 2. The van der Waals surface area contributed by atoms with E-state index in [1.807, 2.05) is 61.5 Å². The van der Waals surface area contributed by atoms with Gasteiger partial charge in [0.2, 0.25) is 0 Å². The number of hydrogen-bond donors (Lipinski definition) is 1. The van der Waals surface area contributed by atoms with E-state index in [1.54, 1.807) is 12.1 Å². The lowest BCUT2D eigenvalue weighted by molar-refractivity contribution is 0.102. The van der Waals surface area contributed by atoms with Gasteiger partial charge in [0, 0.05) is 16.6 Å². The number of anilines is 1. The zero-order valence-electron chi connectivity index (χ0n) is 18.0. The maximum Gasteiger partial charge on any atom is 0.255 e. The third kappa shape index (κ3) is 4.94. The number of halogens is 1. The minimum absolute atomic E-state index is 0.215. The van der Waals surface area contributed by atoms with Crippen LogP contribution in [0.4, 0.5) is 5.69 Å². The third-order valence-electron chi connectivity index (χ3n) is 5.11. The van der Waals surface area contributed by atoms with Crippen LogP contribution in [0.3, 0.4) is 0 Å². The second-order valence-electron chi connectivity index (χ2n) is 7.47. The standard InChI is InChI=1S/C27H24BrNO3/c1-3-31-25-16-21(15-23(28)26(25)32-17-19-13-11-18(2)12-14-19)27(30)29-24-10-6-8-20-7-4-5-9-22(20)24/h4-16H,3,17H2,1-2H3,(H,29,30). The van der Waals surface area contributed by atoms with Crippen molar-refractivity contribution < 1.29 is 14.3 Å². The van der Waals surface area contributed by atoms with Crippen molar-refractivity contribution >= 4 is 38.3 Å². The molecule has 0 radical (unpaired) electrons. The van der Waals surface area contributed by atoms with Gasteiger partial charge < -0.3 is 14.8 Å². The van der Waals surface area contributed by atoms with Gasteiger partial charge in [-0.3, -0.25) is 4.79 Å². The van der Waals surface area contributed by atoms with Gasteiger partial charge in [0.1, 0.15) is 6.61 Å². The molecule has 0 bridgehead atoms. The first-order valence-electron chi connectivity index (χ1n) is 10.5. The zero-order valence-corrected chi connectivity index (χ0v) is 19.6. The fourth-order valence-electron chi connectivity index (χ4n) is 3.47. The normalized spacial score (nSPS) is 10.7. The number of aryl methyl sites for hydroxylation is 1. The summed E-state index contributed by atoms with van der Waals surface area (Å²) < 4.78 is 12.5. The summed E-state index contributed by atoms with van der Waals surface area (Å²) in [5, 5.41) is 5.09. The lowest BCUT2D eigenvalue weighted by Gasteiger charge is -2.16. The van der Waals surface area contributed by atoms with Crippen LogP contribution in [0.15, 0.2) is 83.3 Å². The highest BCUT2D eigenvalue weighted by atomic mass is 79.9. The maximum atomic E-state index is 13.1. The Morgan fingerprint density at radius 2 is 1.69 bits per heavy atom. The van der Waals surface area contributed by atoms with Crippen molar-refractivity contribution in [2.24, 2.45) is 0 Å². The summed E-state index contributed by atoms with van der Waals surface area (Å²) in [6.45, 7) is 4.82. The summed E-state index contributed by atoms with van der Waals surface area (Å²) in [5.41, 5.74) is 3.51. The fraction of sp³-hybridized carbons (Fsp3) is 0.148. The van der Waals surface area contributed by atoms with Crippen LogP contribution < -0.4 is 14.8 Å². The first kappa shape index (κ1) is 21.9. The molecule has 1 amide bonds. The van der Waals surface area contributed by atoms with E-state index in [2.05, 4.69) is 40.3 Å². The average Bonchev–Trinajstić information content (AvgIpc) is 2.80. The highest BCUT2D eigenvalue weighted by molar-refractivity contribution is 9.10. The van der Waals surface area contributed by atoms with Crippen molar-refractivity contribution in [3.63, 3.8) is 0 Å². The van der Waals surface area contributed by atoms with Gasteiger partial charge in [-0.25, -0.2) is 0 Å². The van der Waals surface area contributed by atoms with Gasteiger partial charge >= 0.3 is 0 Å². The summed E-state index contributed by atoms with van der Waals surface area (Å²) in [5.74, 6) is 0.888. The quantitative estimate of drug-likeness (QED) is 0.300. The molecule has 0 saturated heterocycles. The number of fused-ring (bicyclic) bond motifs is 1. The molecule has 0 unspecified atom stereocenters. The van der Waals surface area contributed by atoms with Gasteiger partial charge in [-0.15, -0.1) is 0 Å². The maximum absolute atomic E-state index is 13.1. The summed E-state index contributed by atoms with van der Waals surface area (Å²) in [6, 6.07) is 25.5. The molecular weight excluding hydrogens is 466 g/mol. The van der Waals surface area contributed by atoms with E-state index in [0.717, 1.165) is 22.0 Å². The minimum atomic E-state index is -0.215. The van der Waals surface area contributed by atoms with Crippen LogP contribution in [-0.4, -0.2) is 12.5 Å². The molecule has 0 saturated carbocycles. The Morgan fingerprint density at radius 3 is 2.47 bits per heavy atom. The summed E-state index contributed by atoms with van der Waals surface area (Å²) in [6.07, 6.45) is 0. The van der Waals surface area contributed by atoms with Crippen molar-refractivity contribution in [1.82, 2.24) is 0 Å². The van der Waals surface area contributed by atoms with E-state index in [-0.39, 0.29) is 5.91 Å². The van der Waals surface area contributed by atoms with Crippen molar-refractivity contribution in [2.75, 3.05) is 11.9 Å². The largest absolute Gasteiger partial charge is 0.490 e. The first-order valence-corrected chi connectivity index (χ1v) is 11.3. The summed E-state index contributed by atoms with van der Waals surface area (Å²) in [4.78, 5) is 13.1. The van der Waals surface area contributed by atoms with Gasteiger partial charge in [-0.2, -0.15) is 0 Å². The van der Waals surface area contributed by atoms with E-state index < -0.39 is 0 Å². The molecule has 0 heterocycles. The van der Waals surface area contributed by atoms with Crippen LogP contribution >= 0.6 is 15.9 Å². The van der Waals surface area contributed by atoms with E-state index in [4.69, 9.17) is 9.47 Å². The first-order chi connectivity index (χ1) is 15.5. The Balaban J connectivity index is 1.58. The van der Waals surface area contributed by atoms with Crippen LogP contribution in [-0.2, 0) is 6.61 Å². The molecule has 32 heavy (non-hydrogen) atoms. The van der Waals surface area contributed by atoms with E-state index >= 15 is 0 Å². The topological polar surface area (TPSA) is 47.6 Å². The molecule has 0 aliphatic carbocycles. The third-order valence-corrected chi connectivity index (χ3v) is 5.70. The molecule has 0 atom stereocenters. The van der Waals surface area contributed by atoms with Gasteiger partial charge in [0.15, 0.2) is 11.5 Å². The number of carbonyl (C=O) groups is 1. The number of rotatable bonds is 7. The Hall–Kier alpha value is -3.31. The highest BCUT2D eigenvalue weighted by Crippen LogP contribution is 2.38. The lowest BCUT2D eigenvalue weighted by Crippen LogP contribution is -2.13. The number of carbonyl (C=O) groups excluding carboxylic acids is 1. The molecule has 0 fully saturated rings. The molecule has 5 heteroatoms. The Morgan fingerprint density at radius 1 is 0.938 bits per heavy atom. The van der Waals surface area contributed by atoms with Gasteiger partial charge in [0.25, 0.3) is 5.91 Å². The predicted molar refractivity (Wildman–Crippen MR) is 133 cm³/mol. The molecule has 4 aromatic rings. The molecule has 4 nitrogen and oxygen atoms in total. The zero-order chi connectivity index (χ0) is 22.5. The van der Waals surface area contributed by atoms with E-state index in [9.17, 15) is 4.79 Å². The fourth-order valence-corrected chi connectivity index (χ4v) is 4.03. The Kier molecular flexibility index (Phi) is 6.76. The lowest BCUT2D eigenvalue weighted by atomic mass is 10.1. The molecule has 0 spiro atoms. The molecule has 162 valence electrons. The number of nitrogens with one attached hydrogen (secondary N) is 1. The van der Waals surface area contributed by atoms with Crippen molar-refractivity contribution in [3.05, 3.63) is 100 Å². The second kappa shape index (κ2) is 9.88. The van der Waals surface area contributed by atoms with E-state index in [1.165, 1.54) is 5.56 Å². The van der Waals surface area contributed by atoms with Gasteiger partial charge in [-0.05, 0) is 58.9 Å². The predicted octanol–water partition coefficient (Wildman–Crippen LogP) is 7.14. The molecule has 0 aliphatic heterocycles. The Labute approximate surface area is 196 Å². The second-order valence-corrected chi connectivity index (χ2v) is 8.33. The summed E-state index contributed by atoms with van der Waals surface area (Å²) >= 11 is 3.56. The molecule has 4 aromatic carbocycles. The molecular formula is C27H24BrNO3. The van der Waals surface area contributed by atoms with Crippen LogP contribution in [0.25, 0.3) is 10.8 Å². The van der Waals surface area contributed by atoms with Crippen molar-refractivity contribution in [3.8, 4) is 11.5 Å². The highest BCUT2D eigenvalue weighted by Gasteiger charge is 2.17. The molecule has 1 N–H and O–H groups in total. The molecule has 0 aliphatic rings. The van der Waals surface area contributed by atoms with Crippen LogP contribution in [0.5, 0.6) is 11.5 Å². The smallest absolute Gasteiger partial charge is 0.255 e.